The summed E-state index contributed by atoms with van der Waals surface area (Å²) in [7, 11) is 1.94. The number of nitrogens with one attached hydrogen (secondary N) is 3. The van der Waals surface area contributed by atoms with Crippen molar-refractivity contribution < 1.29 is 4.79 Å². The van der Waals surface area contributed by atoms with Crippen molar-refractivity contribution in [3.63, 3.8) is 0 Å². The Morgan fingerprint density at radius 1 is 1.28 bits per heavy atom. The zero-order valence-electron chi connectivity index (χ0n) is 16.3. The van der Waals surface area contributed by atoms with E-state index in [0.717, 1.165) is 35.9 Å². The number of nitrogens with zero attached hydrogens (tertiary/aromatic N) is 3. The molecular weight excluding hydrogens is 431 g/mol. The van der Waals surface area contributed by atoms with Crippen molar-refractivity contribution in [2.24, 2.45) is 12.0 Å². The minimum absolute atomic E-state index is 0. The highest BCUT2D eigenvalue weighted by Gasteiger charge is 2.09. The van der Waals surface area contributed by atoms with Gasteiger partial charge in [0.05, 0.1) is 12.2 Å². The Kier molecular flexibility index (Phi) is 11.5. The number of aliphatic imine (C=N–C) groups is 1. The van der Waals surface area contributed by atoms with E-state index in [-0.39, 0.29) is 35.9 Å². The molecule has 1 rings (SSSR count). The smallest absolute Gasteiger partial charge is 0.221 e. The first-order chi connectivity index (χ1) is 11.4. The average molecular weight is 464 g/mol. The van der Waals surface area contributed by atoms with Crippen LogP contribution in [0.4, 0.5) is 0 Å². The van der Waals surface area contributed by atoms with Gasteiger partial charge in [0.15, 0.2) is 5.96 Å². The average Bonchev–Trinajstić information content (AvgIpc) is 2.77. The Balaban J connectivity index is 0.00000576. The molecule has 1 aromatic heterocycles. The first-order valence-electron chi connectivity index (χ1n) is 8.69. The lowest BCUT2D eigenvalue weighted by molar-refractivity contribution is -0.121. The lowest BCUT2D eigenvalue weighted by atomic mass is 10.2. The second kappa shape index (κ2) is 12.1. The van der Waals surface area contributed by atoms with E-state index in [1.54, 1.807) is 0 Å². The highest BCUT2D eigenvalue weighted by Crippen LogP contribution is 2.12. The number of aryl methyl sites for hydroxylation is 2. The zero-order valence-corrected chi connectivity index (χ0v) is 18.6. The topological polar surface area (TPSA) is 83.3 Å². The van der Waals surface area contributed by atoms with Gasteiger partial charge in [-0.25, -0.2) is 4.99 Å². The van der Waals surface area contributed by atoms with Gasteiger partial charge < -0.3 is 16.0 Å². The molecule has 0 aromatic carbocycles. The number of guanidine groups is 1. The van der Waals surface area contributed by atoms with Crippen LogP contribution in [0.2, 0.25) is 0 Å². The van der Waals surface area contributed by atoms with E-state index in [0.29, 0.717) is 19.5 Å². The normalized spacial score (nSPS) is 12.3. The molecule has 1 amide bonds. The quantitative estimate of drug-likeness (QED) is 0.312. The molecule has 0 radical (unpaired) electrons. The molecule has 25 heavy (non-hydrogen) atoms. The fraction of sp³-hybridized carbons (Fsp3) is 0.706. The first-order valence-corrected chi connectivity index (χ1v) is 8.69. The third kappa shape index (κ3) is 8.06. The summed E-state index contributed by atoms with van der Waals surface area (Å²) in [6.07, 6.45) is 1.37. The fourth-order valence-electron chi connectivity index (χ4n) is 2.29. The predicted octanol–water partition coefficient (Wildman–Crippen LogP) is 2.01. The summed E-state index contributed by atoms with van der Waals surface area (Å²) >= 11 is 0. The number of carbonyl (C=O) groups is 1. The number of halogens is 1. The SMILES string of the molecule is CCNC(=NCc1c(C)nn(C)c1C)NCCC(=O)NC(C)CC.I. The Hall–Kier alpha value is -1.32. The molecule has 1 heterocycles. The molecule has 0 spiro atoms. The largest absolute Gasteiger partial charge is 0.357 e. The van der Waals surface area contributed by atoms with Gasteiger partial charge in [0, 0.05) is 43.9 Å². The van der Waals surface area contributed by atoms with Crippen molar-refractivity contribution in [2.75, 3.05) is 13.1 Å². The summed E-state index contributed by atoms with van der Waals surface area (Å²) in [6.45, 7) is 12.0. The molecule has 1 aromatic rings. The van der Waals surface area contributed by atoms with E-state index >= 15 is 0 Å². The molecule has 144 valence electrons. The number of rotatable bonds is 8. The van der Waals surface area contributed by atoms with Crippen molar-refractivity contribution in [3.8, 4) is 0 Å². The lowest BCUT2D eigenvalue weighted by Crippen LogP contribution is -2.40. The third-order valence-corrected chi connectivity index (χ3v) is 4.06. The molecule has 0 aliphatic heterocycles. The molecule has 0 saturated carbocycles. The molecule has 0 bridgehead atoms. The number of carbonyl (C=O) groups excluding carboxylic acids is 1. The zero-order chi connectivity index (χ0) is 18.1. The van der Waals surface area contributed by atoms with Crippen LogP contribution in [0.15, 0.2) is 4.99 Å². The fourth-order valence-corrected chi connectivity index (χ4v) is 2.29. The molecule has 7 nitrogen and oxygen atoms in total. The summed E-state index contributed by atoms with van der Waals surface area (Å²) in [5.74, 6) is 0.781. The van der Waals surface area contributed by atoms with Crippen LogP contribution in [0.3, 0.4) is 0 Å². The van der Waals surface area contributed by atoms with E-state index in [1.807, 2.05) is 39.4 Å². The van der Waals surface area contributed by atoms with Crippen LogP contribution < -0.4 is 16.0 Å². The highest BCUT2D eigenvalue weighted by molar-refractivity contribution is 14.0. The van der Waals surface area contributed by atoms with Gasteiger partial charge in [0.2, 0.25) is 5.91 Å². The molecule has 8 heteroatoms. The lowest BCUT2D eigenvalue weighted by Gasteiger charge is -2.13. The van der Waals surface area contributed by atoms with Gasteiger partial charge in [-0.3, -0.25) is 9.48 Å². The van der Waals surface area contributed by atoms with Gasteiger partial charge in [-0.15, -0.1) is 24.0 Å². The molecule has 0 saturated heterocycles. The van der Waals surface area contributed by atoms with Gasteiger partial charge in [0.1, 0.15) is 0 Å². The van der Waals surface area contributed by atoms with E-state index < -0.39 is 0 Å². The van der Waals surface area contributed by atoms with Gasteiger partial charge in [-0.2, -0.15) is 5.10 Å². The Morgan fingerprint density at radius 2 is 1.96 bits per heavy atom. The number of hydrogen-bond donors (Lipinski definition) is 3. The maximum Gasteiger partial charge on any atom is 0.221 e. The van der Waals surface area contributed by atoms with E-state index in [1.165, 1.54) is 0 Å². The standard InChI is InChI=1S/C17H32N6O.HI/c1-7-12(3)21-16(24)9-10-19-17(18-8-2)20-11-15-13(4)22-23(6)14(15)5;/h12H,7-11H2,1-6H3,(H,21,24)(H2,18,19,20);1H. The number of hydrogen-bond acceptors (Lipinski definition) is 3. The maximum atomic E-state index is 11.8. The van der Waals surface area contributed by atoms with Crippen LogP contribution in [-0.4, -0.2) is 40.8 Å². The van der Waals surface area contributed by atoms with E-state index in [2.05, 4.69) is 33.0 Å². The van der Waals surface area contributed by atoms with Crippen LogP contribution in [0.1, 0.15) is 50.6 Å². The number of amides is 1. The van der Waals surface area contributed by atoms with Crippen LogP contribution in [0.5, 0.6) is 0 Å². The molecule has 0 fully saturated rings. The van der Waals surface area contributed by atoms with Crippen molar-refractivity contribution >= 4 is 35.8 Å². The van der Waals surface area contributed by atoms with Crippen LogP contribution in [-0.2, 0) is 18.4 Å². The van der Waals surface area contributed by atoms with Crippen LogP contribution in [0, 0.1) is 13.8 Å². The van der Waals surface area contributed by atoms with Gasteiger partial charge in [0.25, 0.3) is 0 Å². The summed E-state index contributed by atoms with van der Waals surface area (Å²) in [4.78, 5) is 16.4. The molecular formula is C17H33IN6O. The Bertz CT molecular complexity index is 570. The minimum Gasteiger partial charge on any atom is -0.357 e. The summed E-state index contributed by atoms with van der Waals surface area (Å²) < 4.78 is 1.87. The van der Waals surface area contributed by atoms with Crippen molar-refractivity contribution in [2.45, 2.75) is 60.0 Å². The number of aromatic nitrogens is 2. The maximum absolute atomic E-state index is 11.8. The second-order valence-electron chi connectivity index (χ2n) is 6.02. The Labute approximate surface area is 168 Å². The van der Waals surface area contributed by atoms with Crippen molar-refractivity contribution in [1.82, 2.24) is 25.7 Å². The third-order valence-electron chi connectivity index (χ3n) is 4.06. The minimum atomic E-state index is 0. The summed E-state index contributed by atoms with van der Waals surface area (Å²) in [6, 6.07) is 0.218. The highest BCUT2D eigenvalue weighted by atomic mass is 127. The van der Waals surface area contributed by atoms with Gasteiger partial charge in [-0.1, -0.05) is 6.92 Å². The van der Waals surface area contributed by atoms with Crippen LogP contribution in [0.25, 0.3) is 0 Å². The van der Waals surface area contributed by atoms with E-state index in [4.69, 9.17) is 0 Å². The van der Waals surface area contributed by atoms with Gasteiger partial charge in [-0.05, 0) is 34.1 Å². The monoisotopic (exact) mass is 464 g/mol. The summed E-state index contributed by atoms with van der Waals surface area (Å²) in [5.41, 5.74) is 3.27. The Morgan fingerprint density at radius 3 is 2.48 bits per heavy atom. The molecule has 1 unspecified atom stereocenters. The van der Waals surface area contributed by atoms with E-state index in [9.17, 15) is 4.79 Å². The van der Waals surface area contributed by atoms with Crippen molar-refractivity contribution in [1.29, 1.82) is 0 Å². The van der Waals surface area contributed by atoms with Gasteiger partial charge >= 0.3 is 0 Å². The molecule has 0 aliphatic rings. The molecule has 3 N–H and O–H groups in total. The molecule has 1 atom stereocenters. The predicted molar refractivity (Wildman–Crippen MR) is 113 cm³/mol. The van der Waals surface area contributed by atoms with Crippen LogP contribution >= 0.6 is 24.0 Å². The molecule has 0 aliphatic carbocycles. The summed E-state index contributed by atoms with van der Waals surface area (Å²) in [5, 5.41) is 13.8. The second-order valence-corrected chi connectivity index (χ2v) is 6.02. The van der Waals surface area contributed by atoms with Crippen molar-refractivity contribution in [3.05, 3.63) is 17.0 Å². The first kappa shape index (κ1) is 23.7.